The molecule has 0 aliphatic rings. The average molecular weight is 345 g/mol. The molecule has 0 fully saturated rings. The van der Waals surface area contributed by atoms with E-state index < -0.39 is 10.5 Å². The van der Waals surface area contributed by atoms with Gasteiger partial charge in [0.1, 0.15) is 17.0 Å². The van der Waals surface area contributed by atoms with E-state index in [2.05, 4.69) is 15.0 Å². The molecule has 24 heavy (non-hydrogen) atoms. The Labute approximate surface area is 139 Å². The highest BCUT2D eigenvalue weighted by atomic mass is 35.5. The molecule has 3 rings (SSSR count). The van der Waals surface area contributed by atoms with Crippen molar-refractivity contribution in [2.75, 3.05) is 0 Å². The van der Waals surface area contributed by atoms with Crippen LogP contribution < -0.4 is 5.56 Å². The third-order valence-corrected chi connectivity index (χ3v) is 3.42. The molecule has 8 nitrogen and oxygen atoms in total. The van der Waals surface area contributed by atoms with Crippen molar-refractivity contribution in [3.63, 3.8) is 0 Å². The lowest BCUT2D eigenvalue weighted by Gasteiger charge is -2.03. The van der Waals surface area contributed by atoms with Gasteiger partial charge in [0.15, 0.2) is 0 Å². The fourth-order valence-electron chi connectivity index (χ4n) is 2.12. The van der Waals surface area contributed by atoms with Gasteiger partial charge in [0.2, 0.25) is 0 Å². The van der Waals surface area contributed by atoms with E-state index in [0.29, 0.717) is 5.56 Å². The summed E-state index contributed by atoms with van der Waals surface area (Å²) in [4.78, 5) is 32.8. The average Bonchev–Trinajstić information content (AvgIpc) is 2.56. The molecule has 0 saturated heterocycles. The van der Waals surface area contributed by atoms with Gasteiger partial charge in [-0.05, 0) is 18.2 Å². The zero-order valence-electron chi connectivity index (χ0n) is 11.9. The number of pyridine rings is 1. The number of fused-ring (bicyclic) bond motifs is 1. The van der Waals surface area contributed by atoms with Gasteiger partial charge in [-0.1, -0.05) is 11.6 Å². The van der Waals surface area contributed by atoms with E-state index in [1.54, 1.807) is 18.3 Å². The molecule has 120 valence electrons. The zero-order valence-corrected chi connectivity index (χ0v) is 12.7. The Balaban J connectivity index is 2.19. The van der Waals surface area contributed by atoms with Crippen LogP contribution in [0.2, 0.25) is 5.02 Å². The molecule has 0 saturated carbocycles. The van der Waals surface area contributed by atoms with E-state index in [0.717, 1.165) is 12.1 Å². The summed E-state index contributed by atoms with van der Waals surface area (Å²) in [5.41, 5.74) is -0.639. The van der Waals surface area contributed by atoms with Crippen molar-refractivity contribution in [1.82, 2.24) is 15.0 Å². The highest BCUT2D eigenvalue weighted by Gasteiger charge is 2.17. The molecule has 0 radical (unpaired) electrons. The third kappa shape index (κ3) is 2.95. The highest BCUT2D eigenvalue weighted by Crippen LogP contribution is 2.26. The second-order valence-corrected chi connectivity index (χ2v) is 5.24. The lowest BCUT2D eigenvalue weighted by atomic mass is 10.2. The van der Waals surface area contributed by atoms with Crippen molar-refractivity contribution in [1.29, 1.82) is 0 Å². The minimum Gasteiger partial charge on any atom is -0.507 e. The fraction of sp³-hybridized carbons (Fsp3) is 0. The predicted molar refractivity (Wildman–Crippen MR) is 88.8 cm³/mol. The highest BCUT2D eigenvalue weighted by molar-refractivity contribution is 6.31. The molecule has 0 atom stereocenters. The molecule has 0 unspecified atom stereocenters. The van der Waals surface area contributed by atoms with Crippen LogP contribution in [0, 0.1) is 10.1 Å². The number of nitrogens with one attached hydrogen (secondary N) is 1. The van der Waals surface area contributed by atoms with Crippen LogP contribution in [0.5, 0.6) is 0 Å². The molecule has 2 aromatic heterocycles. The van der Waals surface area contributed by atoms with E-state index in [1.807, 2.05) is 0 Å². The number of hydrogen-bond acceptors (Lipinski definition) is 6. The zero-order chi connectivity index (χ0) is 17.3. The number of rotatable bonds is 3. The number of aliphatic hydroxyl groups is 1. The summed E-state index contributed by atoms with van der Waals surface area (Å²) in [6.07, 6.45) is 4.11. The maximum absolute atomic E-state index is 12.1. The quantitative estimate of drug-likeness (QED) is 0.428. The smallest absolute Gasteiger partial charge is 0.296 e. The number of nitrogens with zero attached hydrogens (tertiary/aromatic N) is 3. The maximum Gasteiger partial charge on any atom is 0.296 e. The molecule has 0 spiro atoms. The number of aliphatic hydroxyl groups excluding tert-OH is 1. The Morgan fingerprint density at radius 3 is 2.88 bits per heavy atom. The summed E-state index contributed by atoms with van der Waals surface area (Å²) in [5, 5.41) is 21.2. The van der Waals surface area contributed by atoms with Crippen LogP contribution in [0.15, 0.2) is 41.5 Å². The number of nitro benzene ring substituents is 1. The number of benzene rings is 1. The first-order valence-electron chi connectivity index (χ1n) is 6.65. The van der Waals surface area contributed by atoms with Gasteiger partial charge >= 0.3 is 0 Å². The van der Waals surface area contributed by atoms with Gasteiger partial charge < -0.3 is 10.1 Å². The van der Waals surface area contributed by atoms with Gasteiger partial charge in [0.25, 0.3) is 11.2 Å². The Morgan fingerprint density at radius 1 is 1.42 bits per heavy atom. The molecular weight excluding hydrogens is 336 g/mol. The van der Waals surface area contributed by atoms with Crippen LogP contribution in [-0.4, -0.2) is 25.0 Å². The number of nitro groups is 1. The van der Waals surface area contributed by atoms with Gasteiger partial charge in [-0.25, -0.2) is 4.98 Å². The first-order valence-corrected chi connectivity index (χ1v) is 7.02. The maximum atomic E-state index is 12.1. The lowest BCUT2D eigenvalue weighted by molar-refractivity contribution is -0.383. The Bertz CT molecular complexity index is 1030. The number of aromatic nitrogens is 3. The van der Waals surface area contributed by atoms with Crippen molar-refractivity contribution in [2.45, 2.75) is 0 Å². The van der Waals surface area contributed by atoms with Gasteiger partial charge in [-0.3, -0.25) is 19.9 Å². The Morgan fingerprint density at radius 2 is 2.21 bits per heavy atom. The number of halogens is 1. The second kappa shape index (κ2) is 6.09. The van der Waals surface area contributed by atoms with Crippen molar-refractivity contribution in [3.8, 4) is 0 Å². The topological polar surface area (TPSA) is 122 Å². The van der Waals surface area contributed by atoms with E-state index in [9.17, 15) is 20.0 Å². The molecular formula is C15H9ClN4O4. The van der Waals surface area contributed by atoms with Crippen molar-refractivity contribution < 1.29 is 10.0 Å². The molecule has 1 aromatic carbocycles. The lowest BCUT2D eigenvalue weighted by Crippen LogP contribution is -2.13. The number of non-ortho nitro benzene ring substituents is 1. The third-order valence-electron chi connectivity index (χ3n) is 3.20. The molecule has 0 amide bonds. The predicted octanol–water partition coefficient (Wildman–Crippen LogP) is 2.94. The second-order valence-electron chi connectivity index (χ2n) is 4.80. The molecule has 2 N–H and O–H groups in total. The molecule has 9 heteroatoms. The van der Waals surface area contributed by atoms with Gasteiger partial charge in [-0.15, -0.1) is 0 Å². The largest absolute Gasteiger partial charge is 0.507 e. The van der Waals surface area contributed by atoms with Crippen LogP contribution in [-0.2, 0) is 0 Å². The SMILES string of the molecule is O=c1[nH]c2c([N+](=O)[O-])cc(Cl)cc2nc1/C=C(\O)c1cccnc1. The van der Waals surface area contributed by atoms with Gasteiger partial charge in [0, 0.05) is 35.1 Å². The van der Waals surface area contributed by atoms with E-state index >= 15 is 0 Å². The monoisotopic (exact) mass is 344 g/mol. The van der Waals surface area contributed by atoms with E-state index in [4.69, 9.17) is 11.6 Å². The molecule has 3 aromatic rings. The van der Waals surface area contributed by atoms with Crippen molar-refractivity contribution in [2.24, 2.45) is 0 Å². The van der Waals surface area contributed by atoms with Crippen LogP contribution in [0.25, 0.3) is 22.9 Å². The molecule has 0 aliphatic heterocycles. The summed E-state index contributed by atoms with van der Waals surface area (Å²) in [7, 11) is 0. The number of aromatic amines is 1. The molecule has 2 heterocycles. The summed E-state index contributed by atoms with van der Waals surface area (Å²) in [5.74, 6) is -0.211. The summed E-state index contributed by atoms with van der Waals surface area (Å²) in [6.45, 7) is 0. The summed E-state index contributed by atoms with van der Waals surface area (Å²) >= 11 is 5.85. The van der Waals surface area contributed by atoms with Gasteiger partial charge in [0.05, 0.1) is 10.4 Å². The van der Waals surface area contributed by atoms with Crippen LogP contribution in [0.4, 0.5) is 5.69 Å². The van der Waals surface area contributed by atoms with Crippen LogP contribution >= 0.6 is 11.6 Å². The van der Waals surface area contributed by atoms with Gasteiger partial charge in [-0.2, -0.15) is 0 Å². The first-order chi connectivity index (χ1) is 11.5. The standard InChI is InChI=1S/C15H9ClN4O4/c16-9-4-10-14(12(5-9)20(23)24)19-15(22)11(18-10)6-13(21)8-2-1-3-17-7-8/h1-7,21H,(H,19,22)/b13-6-. The summed E-state index contributed by atoms with van der Waals surface area (Å²) in [6, 6.07) is 5.75. The Kier molecular flexibility index (Phi) is 3.97. The number of H-pyrrole nitrogens is 1. The molecule has 0 aliphatic carbocycles. The fourth-order valence-corrected chi connectivity index (χ4v) is 2.33. The minimum atomic E-state index is -0.677. The molecule has 0 bridgehead atoms. The Hall–Kier alpha value is -3.26. The van der Waals surface area contributed by atoms with Crippen LogP contribution in [0.3, 0.4) is 0 Å². The minimum absolute atomic E-state index is 0.0348. The van der Waals surface area contributed by atoms with E-state index in [1.165, 1.54) is 12.3 Å². The first kappa shape index (κ1) is 15.6. The number of hydrogen-bond donors (Lipinski definition) is 2. The van der Waals surface area contributed by atoms with E-state index in [-0.39, 0.29) is 33.2 Å². The van der Waals surface area contributed by atoms with Crippen molar-refractivity contribution >= 4 is 40.2 Å². The summed E-state index contributed by atoms with van der Waals surface area (Å²) < 4.78 is 0. The normalized spacial score (nSPS) is 11.6. The van der Waals surface area contributed by atoms with Crippen LogP contribution in [0.1, 0.15) is 11.3 Å². The van der Waals surface area contributed by atoms with Crippen molar-refractivity contribution in [3.05, 3.63) is 73.4 Å².